The van der Waals surface area contributed by atoms with Crippen LogP contribution < -0.4 is 33.2 Å². The normalized spacial score (nSPS) is 17.6. The van der Waals surface area contributed by atoms with Gasteiger partial charge in [-0.3, -0.25) is 30.0 Å². The van der Waals surface area contributed by atoms with Gasteiger partial charge in [-0.1, -0.05) is 43.5 Å². The second kappa shape index (κ2) is 16.5. The van der Waals surface area contributed by atoms with E-state index in [0.29, 0.717) is 31.6 Å². The molecule has 1 heterocycles. The summed E-state index contributed by atoms with van der Waals surface area (Å²) in [5.74, 6) is -3.47. The van der Waals surface area contributed by atoms with Crippen LogP contribution in [0, 0.1) is 22.7 Å². The highest BCUT2D eigenvalue weighted by Crippen LogP contribution is 2.27. The molecule has 1 aliphatic heterocycles. The van der Waals surface area contributed by atoms with Crippen LogP contribution in [0.4, 0.5) is 0 Å². The lowest BCUT2D eigenvalue weighted by Crippen LogP contribution is -2.58. The van der Waals surface area contributed by atoms with Crippen molar-refractivity contribution in [1.29, 1.82) is 10.8 Å². The van der Waals surface area contributed by atoms with Crippen LogP contribution in [0.2, 0.25) is 0 Å². The van der Waals surface area contributed by atoms with E-state index in [4.69, 9.17) is 28.0 Å². The Balaban J connectivity index is 1.81. The molecule has 1 aromatic rings. The van der Waals surface area contributed by atoms with Crippen molar-refractivity contribution in [3.05, 3.63) is 35.4 Å². The third-order valence-electron chi connectivity index (χ3n) is 8.33. The monoisotopic (exact) mass is 597 g/mol. The largest absolute Gasteiger partial charge is 0.384 e. The summed E-state index contributed by atoms with van der Waals surface area (Å²) in [4.78, 5) is 55.2. The summed E-state index contributed by atoms with van der Waals surface area (Å²) in [6.45, 7) is 1.50. The fraction of sp³-hybridized carbons (Fsp3) is 0.600. The molecule has 0 spiro atoms. The van der Waals surface area contributed by atoms with Gasteiger partial charge in [-0.15, -0.1) is 0 Å². The van der Waals surface area contributed by atoms with E-state index in [9.17, 15) is 19.2 Å². The minimum absolute atomic E-state index is 0.0732. The van der Waals surface area contributed by atoms with Gasteiger partial charge in [0.05, 0.1) is 0 Å². The number of carbonyl (C=O) groups is 4. The highest BCUT2D eigenvalue weighted by atomic mass is 16.2. The Morgan fingerprint density at radius 3 is 2.07 bits per heavy atom. The fourth-order valence-electron chi connectivity index (χ4n) is 5.88. The molecule has 1 saturated heterocycles. The summed E-state index contributed by atoms with van der Waals surface area (Å²) < 4.78 is 0. The smallest absolute Gasteiger partial charge is 0.243 e. The van der Waals surface area contributed by atoms with Crippen LogP contribution >= 0.6 is 0 Å². The molecule has 2 aliphatic rings. The van der Waals surface area contributed by atoms with Crippen molar-refractivity contribution < 1.29 is 19.2 Å². The summed E-state index contributed by atoms with van der Waals surface area (Å²) in [6.07, 6.45) is 7.92. The van der Waals surface area contributed by atoms with Gasteiger partial charge in [0, 0.05) is 25.2 Å². The van der Waals surface area contributed by atoms with E-state index in [1.54, 1.807) is 29.2 Å². The predicted octanol–water partition coefficient (Wildman–Crippen LogP) is 0.440. The van der Waals surface area contributed by atoms with Crippen molar-refractivity contribution in [2.45, 2.75) is 82.7 Å². The molecule has 1 aromatic carbocycles. The number of rotatable bonds is 14. The first kappa shape index (κ1) is 33.3. The lowest BCUT2D eigenvalue weighted by atomic mass is 9.83. The number of nitrogens with two attached hydrogens (primary N) is 3. The van der Waals surface area contributed by atoms with Crippen molar-refractivity contribution in [3.63, 3.8) is 0 Å². The first-order valence-corrected chi connectivity index (χ1v) is 15.3. The molecule has 13 heteroatoms. The lowest BCUT2D eigenvalue weighted by Gasteiger charge is -2.33. The van der Waals surface area contributed by atoms with Gasteiger partial charge in [-0.2, -0.15) is 0 Å². The average Bonchev–Trinajstić information content (AvgIpc) is 3.00. The highest BCUT2D eigenvalue weighted by molar-refractivity contribution is 6.02. The number of nitrogens with zero attached hydrogens (tertiary/aromatic N) is 1. The first-order chi connectivity index (χ1) is 20.6. The number of nitrogens with one attached hydrogen (secondary N) is 5. The standard InChI is InChI=1S/C30H47N9O4/c31-25(32)21-13-11-19(12-14-21)18-22(29(43)39-16-5-2-6-17-39)27(41)38-24(20-8-3-1-4-9-20)28(42)37-23(26(33)40)10-7-15-36-30(34)35/h11-14,20,22-24H,1-10,15-18H2,(H3,31,32)(H2,33,40)(H,37,42)(H,38,41)(H4,34,35,36)/t22?,23-,24-/m0/s1. The summed E-state index contributed by atoms with van der Waals surface area (Å²) in [5, 5.41) is 23.2. The number of likely N-dealkylation sites (tertiary alicyclic amines) is 1. The molecule has 1 aliphatic carbocycles. The summed E-state index contributed by atoms with van der Waals surface area (Å²) >= 11 is 0. The predicted molar refractivity (Wildman–Crippen MR) is 164 cm³/mol. The Labute approximate surface area is 253 Å². The van der Waals surface area contributed by atoms with Crippen LogP contribution in [0.1, 0.15) is 75.3 Å². The maximum atomic E-state index is 13.9. The van der Waals surface area contributed by atoms with Crippen LogP contribution in [0.25, 0.3) is 0 Å². The Morgan fingerprint density at radius 1 is 0.860 bits per heavy atom. The van der Waals surface area contributed by atoms with Crippen LogP contribution in [0.3, 0.4) is 0 Å². The number of amides is 4. The van der Waals surface area contributed by atoms with E-state index in [2.05, 4.69) is 16.0 Å². The molecule has 11 N–H and O–H groups in total. The van der Waals surface area contributed by atoms with Crippen molar-refractivity contribution in [2.24, 2.45) is 29.0 Å². The van der Waals surface area contributed by atoms with Gasteiger partial charge in [-0.25, -0.2) is 0 Å². The summed E-state index contributed by atoms with van der Waals surface area (Å²) in [7, 11) is 0. The Bertz CT molecular complexity index is 1140. The topological polar surface area (TPSA) is 233 Å². The zero-order valence-corrected chi connectivity index (χ0v) is 24.8. The van der Waals surface area contributed by atoms with E-state index in [1.165, 1.54) is 0 Å². The van der Waals surface area contributed by atoms with Crippen molar-refractivity contribution in [3.8, 4) is 0 Å². The Kier molecular flexibility index (Phi) is 12.8. The van der Waals surface area contributed by atoms with Crippen LogP contribution in [-0.4, -0.2) is 72.0 Å². The Hall–Kier alpha value is -4.16. The number of guanidine groups is 1. The minimum atomic E-state index is -1.05. The maximum absolute atomic E-state index is 13.9. The van der Waals surface area contributed by atoms with Crippen molar-refractivity contribution in [1.82, 2.24) is 20.9 Å². The fourth-order valence-corrected chi connectivity index (χ4v) is 5.88. The maximum Gasteiger partial charge on any atom is 0.243 e. The molecule has 0 aromatic heterocycles. The molecule has 3 rings (SSSR count). The number of carbonyl (C=O) groups excluding carboxylic acids is 4. The zero-order chi connectivity index (χ0) is 31.4. The molecule has 0 radical (unpaired) electrons. The van der Waals surface area contributed by atoms with Gasteiger partial charge in [0.25, 0.3) is 0 Å². The minimum Gasteiger partial charge on any atom is -0.384 e. The molecule has 1 saturated carbocycles. The second-order valence-electron chi connectivity index (χ2n) is 11.6. The average molecular weight is 598 g/mol. The molecular weight excluding hydrogens is 550 g/mol. The molecule has 1 unspecified atom stereocenters. The number of amidine groups is 1. The van der Waals surface area contributed by atoms with E-state index >= 15 is 0 Å². The SMILES string of the molecule is N=C(N)NCCC[C@H](NC(=O)[C@@H](NC(=O)C(Cc1ccc(C(=N)N)cc1)C(=O)N1CCCCC1)C1CCCCC1)C(N)=O. The summed E-state index contributed by atoms with van der Waals surface area (Å²) in [5.41, 5.74) is 17.8. The quantitative estimate of drug-likeness (QED) is 0.0651. The number of hydrogen-bond donors (Lipinski definition) is 8. The molecule has 2 fully saturated rings. The molecule has 3 atom stereocenters. The van der Waals surface area contributed by atoms with Crippen molar-refractivity contribution >= 4 is 35.4 Å². The van der Waals surface area contributed by atoms with Gasteiger partial charge >= 0.3 is 0 Å². The van der Waals surface area contributed by atoms with Gasteiger partial charge in [0.15, 0.2) is 5.96 Å². The van der Waals surface area contributed by atoms with Crippen LogP contribution in [-0.2, 0) is 25.6 Å². The zero-order valence-electron chi connectivity index (χ0n) is 24.8. The first-order valence-electron chi connectivity index (χ1n) is 15.3. The lowest BCUT2D eigenvalue weighted by molar-refractivity contribution is -0.144. The van der Waals surface area contributed by atoms with Gasteiger partial charge in [-0.05, 0) is 62.8 Å². The highest BCUT2D eigenvalue weighted by Gasteiger charge is 2.37. The molecule has 4 amide bonds. The molecular formula is C30H47N9O4. The number of hydrogen-bond acceptors (Lipinski definition) is 6. The number of primary amides is 1. The molecule has 236 valence electrons. The molecule has 13 nitrogen and oxygen atoms in total. The van der Waals surface area contributed by atoms with Crippen molar-refractivity contribution in [2.75, 3.05) is 19.6 Å². The van der Waals surface area contributed by atoms with Crippen LogP contribution in [0.15, 0.2) is 24.3 Å². The van der Waals surface area contributed by atoms with Gasteiger partial charge < -0.3 is 38.1 Å². The van der Waals surface area contributed by atoms with E-state index in [1.807, 2.05) is 0 Å². The summed E-state index contributed by atoms with van der Waals surface area (Å²) in [6, 6.07) is 4.99. The van der Waals surface area contributed by atoms with E-state index < -0.39 is 35.7 Å². The number of nitrogen functional groups attached to an aromatic ring is 1. The van der Waals surface area contributed by atoms with Gasteiger partial charge in [0.1, 0.15) is 23.8 Å². The van der Waals surface area contributed by atoms with E-state index in [-0.39, 0.29) is 36.5 Å². The number of piperidine rings is 1. The third-order valence-corrected chi connectivity index (χ3v) is 8.33. The second-order valence-corrected chi connectivity index (χ2v) is 11.6. The van der Waals surface area contributed by atoms with E-state index in [0.717, 1.165) is 56.9 Å². The van der Waals surface area contributed by atoms with Gasteiger partial charge in [0.2, 0.25) is 23.6 Å². The third kappa shape index (κ3) is 10.3. The molecule has 43 heavy (non-hydrogen) atoms. The van der Waals surface area contributed by atoms with Crippen LogP contribution in [0.5, 0.6) is 0 Å². The number of benzene rings is 1. The molecule has 0 bridgehead atoms. The Morgan fingerprint density at radius 2 is 1.49 bits per heavy atom.